The topological polar surface area (TPSA) is 78.7 Å². The average Bonchev–Trinajstić information content (AvgIpc) is 3.05. The van der Waals surface area contributed by atoms with Crippen LogP contribution in [0.2, 0.25) is 0 Å². The summed E-state index contributed by atoms with van der Waals surface area (Å²) in [7, 11) is 0. The molecule has 2 aromatic carbocycles. The van der Waals surface area contributed by atoms with Crippen LogP contribution in [-0.4, -0.2) is 26.9 Å². The third-order valence-electron chi connectivity index (χ3n) is 3.94. The highest BCUT2D eigenvalue weighted by molar-refractivity contribution is 6.19. The molecule has 0 saturated carbocycles. The Bertz CT molecular complexity index is 935. The van der Waals surface area contributed by atoms with Crippen molar-refractivity contribution < 1.29 is 9.90 Å². The number of aromatic nitrogens is 2. The Morgan fingerprint density at radius 1 is 0.840 bits per heavy atom. The largest absolute Gasteiger partial charge is 0.492 e. The maximum atomic E-state index is 12.2. The maximum Gasteiger partial charge on any atom is 0.253 e. The normalized spacial score (nSPS) is 13.8. The predicted octanol–water partition coefficient (Wildman–Crippen LogP) is 2.99. The molecule has 1 aliphatic heterocycles. The van der Waals surface area contributed by atoms with Gasteiger partial charge in [0.2, 0.25) is 5.88 Å². The van der Waals surface area contributed by atoms with E-state index in [0.29, 0.717) is 5.69 Å². The molecule has 0 aliphatic carbocycles. The van der Waals surface area contributed by atoms with Crippen LogP contribution in [0.5, 0.6) is 5.88 Å². The molecule has 122 valence electrons. The second-order valence-corrected chi connectivity index (χ2v) is 5.62. The van der Waals surface area contributed by atoms with Gasteiger partial charge in [-0.05, 0) is 23.8 Å². The summed E-state index contributed by atoms with van der Waals surface area (Å²) in [5.74, 6) is -0.158. The molecule has 6 heteroatoms. The van der Waals surface area contributed by atoms with Crippen LogP contribution in [-0.2, 0) is 4.79 Å². The van der Waals surface area contributed by atoms with Crippen molar-refractivity contribution in [3.05, 3.63) is 72.3 Å². The van der Waals surface area contributed by atoms with Crippen molar-refractivity contribution in [1.82, 2.24) is 10.2 Å². The zero-order valence-electron chi connectivity index (χ0n) is 13.2. The quantitative estimate of drug-likeness (QED) is 0.801. The Morgan fingerprint density at radius 2 is 1.56 bits per heavy atom. The fraction of sp³-hybridized carbons (Fsp3) is 0.0526. The summed E-state index contributed by atoms with van der Waals surface area (Å²) >= 11 is 0. The fourth-order valence-corrected chi connectivity index (χ4v) is 2.67. The lowest BCUT2D eigenvalue weighted by molar-refractivity contribution is -0.116. The zero-order valence-corrected chi connectivity index (χ0v) is 13.2. The van der Waals surface area contributed by atoms with Crippen LogP contribution in [0.25, 0.3) is 11.3 Å². The highest BCUT2D eigenvalue weighted by Gasteiger charge is 2.25. The van der Waals surface area contributed by atoms with E-state index in [2.05, 4.69) is 15.3 Å². The molecule has 1 aromatic heterocycles. The maximum absolute atomic E-state index is 12.2. The van der Waals surface area contributed by atoms with Crippen LogP contribution in [0.4, 0.5) is 5.69 Å². The van der Waals surface area contributed by atoms with Gasteiger partial charge in [0.1, 0.15) is 0 Å². The first-order valence-electron chi connectivity index (χ1n) is 7.80. The van der Waals surface area contributed by atoms with Crippen molar-refractivity contribution in [3.8, 4) is 17.1 Å². The Balaban J connectivity index is 1.60. The average molecular weight is 330 g/mol. The number of hydrogen-bond acceptors (Lipinski definition) is 5. The van der Waals surface area contributed by atoms with Crippen LogP contribution < -0.4 is 5.01 Å². The molecule has 0 spiro atoms. The molecular weight excluding hydrogens is 316 g/mol. The van der Waals surface area contributed by atoms with E-state index in [1.54, 1.807) is 6.07 Å². The van der Waals surface area contributed by atoms with E-state index in [9.17, 15) is 9.90 Å². The van der Waals surface area contributed by atoms with Gasteiger partial charge in [-0.25, -0.2) is 5.01 Å². The summed E-state index contributed by atoms with van der Waals surface area (Å²) in [6.07, 6.45) is 0.271. The predicted molar refractivity (Wildman–Crippen MR) is 94.2 cm³/mol. The van der Waals surface area contributed by atoms with Crippen molar-refractivity contribution in [2.24, 2.45) is 5.10 Å². The molecular formula is C19H14N4O2. The van der Waals surface area contributed by atoms with Crippen LogP contribution >= 0.6 is 0 Å². The monoisotopic (exact) mass is 330 g/mol. The molecule has 0 fully saturated rings. The Kier molecular flexibility index (Phi) is 3.70. The lowest BCUT2D eigenvalue weighted by atomic mass is 10.0. The van der Waals surface area contributed by atoms with Crippen molar-refractivity contribution >= 4 is 17.3 Å². The standard InChI is InChI=1S/C19H14N4O2/c24-18-11-10-16(20-21-18)13-6-8-14(9-7-13)17-12-19(25)23(22-17)15-4-2-1-3-5-15/h1-11H,12H2,(H,21,24). The SMILES string of the molecule is O=C1CC(c2ccc(-c3ccc(O)nn3)cc2)=NN1c1ccccc1. The minimum absolute atomic E-state index is 0.0466. The van der Waals surface area contributed by atoms with Crippen molar-refractivity contribution in [2.45, 2.75) is 6.42 Å². The number of anilines is 1. The van der Waals surface area contributed by atoms with Crippen molar-refractivity contribution in [3.63, 3.8) is 0 Å². The summed E-state index contributed by atoms with van der Waals surface area (Å²) in [5.41, 5.74) is 3.93. The van der Waals surface area contributed by atoms with Gasteiger partial charge in [-0.3, -0.25) is 4.79 Å². The molecule has 6 nitrogen and oxygen atoms in total. The number of benzene rings is 2. The van der Waals surface area contributed by atoms with Gasteiger partial charge in [0.05, 0.1) is 23.5 Å². The summed E-state index contributed by atoms with van der Waals surface area (Å²) < 4.78 is 0. The van der Waals surface area contributed by atoms with Gasteiger partial charge in [-0.1, -0.05) is 42.5 Å². The fourth-order valence-electron chi connectivity index (χ4n) is 2.67. The summed E-state index contributed by atoms with van der Waals surface area (Å²) in [4.78, 5) is 12.2. The van der Waals surface area contributed by atoms with Crippen LogP contribution in [0.3, 0.4) is 0 Å². The molecule has 1 aliphatic rings. The molecule has 1 amide bonds. The van der Waals surface area contributed by atoms with Gasteiger partial charge >= 0.3 is 0 Å². The smallest absolute Gasteiger partial charge is 0.253 e. The molecule has 0 unspecified atom stereocenters. The first-order valence-corrected chi connectivity index (χ1v) is 7.80. The number of nitrogens with zero attached hydrogens (tertiary/aromatic N) is 4. The Labute approximate surface area is 144 Å². The first kappa shape index (κ1) is 15.0. The third-order valence-corrected chi connectivity index (χ3v) is 3.94. The van der Waals surface area contributed by atoms with Gasteiger partial charge in [-0.2, -0.15) is 5.10 Å². The van der Waals surface area contributed by atoms with Gasteiger partial charge in [-0.15, -0.1) is 10.2 Å². The van der Waals surface area contributed by atoms with E-state index in [-0.39, 0.29) is 18.2 Å². The van der Waals surface area contributed by atoms with E-state index >= 15 is 0 Å². The van der Waals surface area contributed by atoms with Crippen molar-refractivity contribution in [2.75, 3.05) is 5.01 Å². The minimum atomic E-state index is -0.111. The molecule has 1 N–H and O–H groups in total. The first-order chi connectivity index (χ1) is 12.2. The molecule has 2 heterocycles. The van der Waals surface area contributed by atoms with Crippen LogP contribution in [0.15, 0.2) is 71.8 Å². The zero-order chi connectivity index (χ0) is 17.2. The van der Waals surface area contributed by atoms with Gasteiger partial charge < -0.3 is 5.11 Å². The van der Waals surface area contributed by atoms with Crippen LogP contribution in [0, 0.1) is 0 Å². The summed E-state index contributed by atoms with van der Waals surface area (Å²) in [5, 5.41) is 22.7. The van der Waals surface area contributed by atoms with Crippen LogP contribution in [0.1, 0.15) is 12.0 Å². The number of rotatable bonds is 3. The molecule has 0 bridgehead atoms. The minimum Gasteiger partial charge on any atom is -0.492 e. The molecule has 4 rings (SSSR count). The number of aromatic hydroxyl groups is 1. The molecule has 0 radical (unpaired) electrons. The second-order valence-electron chi connectivity index (χ2n) is 5.62. The number of amides is 1. The molecule has 25 heavy (non-hydrogen) atoms. The number of para-hydroxylation sites is 1. The Morgan fingerprint density at radius 3 is 2.24 bits per heavy atom. The Hall–Kier alpha value is -3.54. The highest BCUT2D eigenvalue weighted by Crippen LogP contribution is 2.24. The highest BCUT2D eigenvalue weighted by atomic mass is 16.3. The molecule has 0 saturated heterocycles. The molecule has 3 aromatic rings. The molecule has 0 atom stereocenters. The van der Waals surface area contributed by atoms with E-state index in [0.717, 1.165) is 22.5 Å². The van der Waals surface area contributed by atoms with E-state index in [4.69, 9.17) is 0 Å². The number of hydrogen-bond donors (Lipinski definition) is 1. The lowest BCUT2D eigenvalue weighted by Gasteiger charge is -2.10. The lowest BCUT2D eigenvalue weighted by Crippen LogP contribution is -2.19. The number of carbonyl (C=O) groups excluding carboxylic acids is 1. The van der Waals surface area contributed by atoms with E-state index in [1.165, 1.54) is 11.1 Å². The number of hydrazone groups is 1. The van der Waals surface area contributed by atoms with Gasteiger partial charge in [0.25, 0.3) is 5.91 Å². The third kappa shape index (κ3) is 2.97. The number of carbonyl (C=O) groups is 1. The van der Waals surface area contributed by atoms with E-state index < -0.39 is 0 Å². The van der Waals surface area contributed by atoms with Gasteiger partial charge in [0.15, 0.2) is 0 Å². The van der Waals surface area contributed by atoms with E-state index in [1.807, 2.05) is 54.6 Å². The van der Waals surface area contributed by atoms with Crippen molar-refractivity contribution in [1.29, 1.82) is 0 Å². The van der Waals surface area contributed by atoms with Gasteiger partial charge in [0, 0.05) is 11.6 Å². The summed E-state index contributed by atoms with van der Waals surface area (Å²) in [6, 6.07) is 20.2. The summed E-state index contributed by atoms with van der Waals surface area (Å²) in [6.45, 7) is 0. The second kappa shape index (κ2) is 6.16.